The lowest BCUT2D eigenvalue weighted by atomic mass is 9.80. The number of thiophene rings is 1. The molecule has 1 unspecified atom stereocenters. The Kier molecular flexibility index (Phi) is 7.53. The van der Waals surface area contributed by atoms with Crippen LogP contribution in [-0.4, -0.2) is 36.2 Å². The number of fused-ring (bicyclic) bond motifs is 1. The summed E-state index contributed by atoms with van der Waals surface area (Å²) in [6, 6.07) is 18.2. The molecule has 1 amide bonds. The normalized spacial score (nSPS) is 17.6. The fraction of sp³-hybridized carbons (Fsp3) is 0.250. The van der Waals surface area contributed by atoms with Crippen LogP contribution in [0.25, 0.3) is 0 Å². The van der Waals surface area contributed by atoms with E-state index in [4.69, 9.17) is 4.74 Å². The average molecular weight is 518 g/mol. The summed E-state index contributed by atoms with van der Waals surface area (Å²) in [4.78, 5) is 18.4. The van der Waals surface area contributed by atoms with Crippen molar-refractivity contribution in [2.45, 2.75) is 35.1 Å². The summed E-state index contributed by atoms with van der Waals surface area (Å²) in [5, 5.41) is 16.8. The number of hydrogen-bond donors (Lipinski definition) is 2. The van der Waals surface area contributed by atoms with Crippen molar-refractivity contribution in [2.24, 2.45) is 10.1 Å². The summed E-state index contributed by atoms with van der Waals surface area (Å²) in [6.07, 6.45) is 5.83. The van der Waals surface area contributed by atoms with Gasteiger partial charge in [-0.3, -0.25) is 9.79 Å². The summed E-state index contributed by atoms with van der Waals surface area (Å²) in [5.74, 6) is 1.57. The second kappa shape index (κ2) is 11.1. The summed E-state index contributed by atoms with van der Waals surface area (Å²) < 4.78 is 6.32. The van der Waals surface area contributed by atoms with Crippen molar-refractivity contribution in [3.05, 3.63) is 94.0 Å². The number of hydrogen-bond acceptors (Lipinski definition) is 7. The lowest BCUT2D eigenvalue weighted by Crippen LogP contribution is -2.30. The SMILES string of the molecule is COc1ccc(C2C/C(=N\O)c3c(SCc4ccccc4)sc(C(=O)NCC4=NC=CC4)c3C2)cc1. The monoisotopic (exact) mass is 517 g/mol. The quantitative estimate of drug-likeness (QED) is 0.217. The Morgan fingerprint density at radius 3 is 2.69 bits per heavy atom. The van der Waals surface area contributed by atoms with Gasteiger partial charge in [0.15, 0.2) is 0 Å². The maximum atomic E-state index is 13.4. The number of carbonyl (C=O) groups excluding carboxylic acids is 1. The molecule has 0 bridgehead atoms. The van der Waals surface area contributed by atoms with Gasteiger partial charge in [0.2, 0.25) is 0 Å². The predicted molar refractivity (Wildman–Crippen MR) is 146 cm³/mol. The Bertz CT molecular complexity index is 1330. The number of nitrogens with zero attached hydrogens (tertiary/aromatic N) is 2. The zero-order valence-electron chi connectivity index (χ0n) is 19.9. The Morgan fingerprint density at radius 2 is 2.00 bits per heavy atom. The lowest BCUT2D eigenvalue weighted by molar-refractivity contribution is 0.0962. The predicted octanol–water partition coefficient (Wildman–Crippen LogP) is 6.05. The van der Waals surface area contributed by atoms with Crippen LogP contribution in [0.3, 0.4) is 0 Å². The molecule has 1 aliphatic heterocycles. The summed E-state index contributed by atoms with van der Waals surface area (Å²) in [6.45, 7) is 0.424. The van der Waals surface area contributed by atoms with Crippen molar-refractivity contribution in [2.75, 3.05) is 13.7 Å². The van der Waals surface area contributed by atoms with Gasteiger partial charge in [0.05, 0.1) is 28.5 Å². The zero-order valence-corrected chi connectivity index (χ0v) is 21.6. The van der Waals surface area contributed by atoms with E-state index in [1.165, 1.54) is 16.9 Å². The molecule has 2 aromatic carbocycles. The Morgan fingerprint density at radius 1 is 1.19 bits per heavy atom. The van der Waals surface area contributed by atoms with E-state index in [0.717, 1.165) is 44.5 Å². The molecule has 184 valence electrons. The molecule has 2 N–H and O–H groups in total. The molecule has 0 saturated carbocycles. The molecule has 3 aromatic rings. The molecular formula is C28H27N3O3S2. The molecule has 2 aliphatic rings. The third-order valence-corrected chi connectivity index (χ3v) is 9.02. The van der Waals surface area contributed by atoms with Crippen molar-refractivity contribution in [1.29, 1.82) is 0 Å². The van der Waals surface area contributed by atoms with Crippen LogP contribution in [-0.2, 0) is 12.2 Å². The van der Waals surface area contributed by atoms with Crippen LogP contribution in [0, 0.1) is 0 Å². The minimum Gasteiger partial charge on any atom is -0.497 e. The number of aliphatic imine (C=N–C) groups is 1. The van der Waals surface area contributed by atoms with Crippen LogP contribution >= 0.6 is 23.1 Å². The standard InChI is InChI=1S/C28H27N3O3S2/c1-34-22-11-9-19(10-12-22)20-14-23-25(24(15-20)31-33)28(35-17-18-6-3-2-4-7-18)36-26(23)27(32)30-16-21-8-5-13-29-21/h2-7,9-13,20,33H,8,14-17H2,1H3,(H,30,32)/b31-24+. The summed E-state index contributed by atoms with van der Waals surface area (Å²) >= 11 is 3.18. The van der Waals surface area contributed by atoms with Gasteiger partial charge in [-0.15, -0.1) is 23.1 Å². The molecule has 1 aromatic heterocycles. The number of benzene rings is 2. The van der Waals surface area contributed by atoms with Crippen molar-refractivity contribution in [1.82, 2.24) is 5.32 Å². The first-order valence-corrected chi connectivity index (χ1v) is 13.6. The van der Waals surface area contributed by atoms with E-state index in [1.807, 2.05) is 48.5 Å². The summed E-state index contributed by atoms with van der Waals surface area (Å²) in [7, 11) is 1.65. The van der Waals surface area contributed by atoms with Gasteiger partial charge in [0.25, 0.3) is 5.91 Å². The largest absolute Gasteiger partial charge is 0.497 e. The first-order valence-electron chi connectivity index (χ1n) is 11.8. The minimum absolute atomic E-state index is 0.103. The van der Waals surface area contributed by atoms with Gasteiger partial charge in [0, 0.05) is 36.1 Å². The highest BCUT2D eigenvalue weighted by Crippen LogP contribution is 2.45. The average Bonchev–Trinajstić information content (AvgIpc) is 3.59. The fourth-order valence-corrected chi connectivity index (χ4v) is 7.11. The summed E-state index contributed by atoms with van der Waals surface area (Å²) in [5.41, 5.74) is 5.79. The Labute approximate surface area is 218 Å². The number of ether oxygens (including phenoxy) is 1. The van der Waals surface area contributed by atoms with Crippen LogP contribution in [0.4, 0.5) is 0 Å². The number of nitrogens with one attached hydrogen (secondary N) is 1. The van der Waals surface area contributed by atoms with E-state index in [9.17, 15) is 10.0 Å². The number of carbonyl (C=O) groups is 1. The van der Waals surface area contributed by atoms with E-state index >= 15 is 0 Å². The van der Waals surface area contributed by atoms with Crippen LogP contribution in [0.15, 0.2) is 81.2 Å². The molecule has 5 rings (SSSR count). The zero-order chi connectivity index (χ0) is 24.9. The number of allylic oxidation sites excluding steroid dienone is 1. The Balaban J connectivity index is 1.47. The second-order valence-electron chi connectivity index (χ2n) is 8.74. The maximum Gasteiger partial charge on any atom is 0.262 e. The van der Waals surface area contributed by atoms with Gasteiger partial charge in [-0.2, -0.15) is 0 Å². The van der Waals surface area contributed by atoms with Gasteiger partial charge in [0.1, 0.15) is 5.75 Å². The van der Waals surface area contributed by atoms with E-state index in [-0.39, 0.29) is 11.8 Å². The van der Waals surface area contributed by atoms with E-state index in [0.29, 0.717) is 30.0 Å². The smallest absolute Gasteiger partial charge is 0.262 e. The molecule has 36 heavy (non-hydrogen) atoms. The van der Waals surface area contributed by atoms with Crippen LogP contribution < -0.4 is 10.1 Å². The number of thioether (sulfide) groups is 1. The third kappa shape index (κ3) is 5.24. The highest BCUT2D eigenvalue weighted by atomic mass is 32.2. The second-order valence-corrected chi connectivity index (χ2v) is 11.0. The van der Waals surface area contributed by atoms with Gasteiger partial charge in [-0.1, -0.05) is 53.7 Å². The first kappa shape index (κ1) is 24.3. The number of methoxy groups -OCH3 is 1. The van der Waals surface area contributed by atoms with Crippen LogP contribution in [0.2, 0.25) is 0 Å². The van der Waals surface area contributed by atoms with E-state index in [2.05, 4.69) is 27.6 Å². The van der Waals surface area contributed by atoms with Gasteiger partial charge < -0.3 is 15.3 Å². The third-order valence-electron chi connectivity index (χ3n) is 6.45. The molecule has 0 radical (unpaired) electrons. The molecule has 1 atom stereocenters. The molecule has 0 spiro atoms. The molecule has 6 nitrogen and oxygen atoms in total. The Hall–Kier alpha value is -3.36. The highest BCUT2D eigenvalue weighted by Gasteiger charge is 2.34. The van der Waals surface area contributed by atoms with Gasteiger partial charge in [-0.05, 0) is 41.2 Å². The molecule has 0 saturated heterocycles. The lowest BCUT2D eigenvalue weighted by Gasteiger charge is -2.25. The first-order chi connectivity index (χ1) is 17.7. The maximum absolute atomic E-state index is 13.4. The van der Waals surface area contributed by atoms with Crippen molar-refractivity contribution < 1.29 is 14.7 Å². The number of oxime groups is 1. The molecule has 8 heteroatoms. The molecular weight excluding hydrogens is 490 g/mol. The van der Waals surface area contributed by atoms with Crippen molar-refractivity contribution >= 4 is 40.4 Å². The van der Waals surface area contributed by atoms with Crippen LogP contribution in [0.5, 0.6) is 5.75 Å². The molecule has 2 heterocycles. The molecule has 1 aliphatic carbocycles. The number of rotatable bonds is 8. The van der Waals surface area contributed by atoms with Crippen LogP contribution in [0.1, 0.15) is 50.7 Å². The van der Waals surface area contributed by atoms with E-state index < -0.39 is 0 Å². The van der Waals surface area contributed by atoms with E-state index in [1.54, 1.807) is 25.1 Å². The van der Waals surface area contributed by atoms with Crippen molar-refractivity contribution in [3.63, 3.8) is 0 Å². The fourth-order valence-electron chi connectivity index (χ4n) is 4.57. The highest BCUT2D eigenvalue weighted by molar-refractivity contribution is 8.00. The van der Waals surface area contributed by atoms with Gasteiger partial charge in [-0.25, -0.2) is 0 Å². The molecule has 0 fully saturated rings. The minimum atomic E-state index is -0.106. The number of amides is 1. The topological polar surface area (TPSA) is 83.3 Å². The van der Waals surface area contributed by atoms with Crippen molar-refractivity contribution in [3.8, 4) is 5.75 Å². The van der Waals surface area contributed by atoms with Gasteiger partial charge >= 0.3 is 0 Å².